The number of aromatic nitrogens is 3. The molecule has 0 saturated carbocycles. The molecule has 2 aliphatic heterocycles. The van der Waals surface area contributed by atoms with E-state index in [1.165, 1.54) is 11.1 Å². The van der Waals surface area contributed by atoms with E-state index >= 15 is 0 Å². The quantitative estimate of drug-likeness (QED) is 0.703. The fourth-order valence-corrected chi connectivity index (χ4v) is 4.23. The Hall–Kier alpha value is -2.83. The van der Waals surface area contributed by atoms with E-state index in [1.54, 1.807) is 6.20 Å². The smallest absolute Gasteiger partial charge is 0.163 e. The van der Waals surface area contributed by atoms with Crippen molar-refractivity contribution in [2.75, 3.05) is 25.0 Å². The van der Waals surface area contributed by atoms with Crippen molar-refractivity contribution in [2.24, 2.45) is 0 Å². The van der Waals surface area contributed by atoms with E-state index in [2.05, 4.69) is 50.8 Å². The van der Waals surface area contributed by atoms with Gasteiger partial charge in [-0.05, 0) is 37.1 Å². The summed E-state index contributed by atoms with van der Waals surface area (Å²) in [6.07, 6.45) is 5.71. The van der Waals surface area contributed by atoms with Gasteiger partial charge in [-0.2, -0.15) is 0 Å². The van der Waals surface area contributed by atoms with Crippen molar-refractivity contribution in [1.82, 2.24) is 25.2 Å². The Balaban J connectivity index is 1.35. The molecule has 1 fully saturated rings. The summed E-state index contributed by atoms with van der Waals surface area (Å²) < 4.78 is 0. The first-order chi connectivity index (χ1) is 14.3. The third kappa shape index (κ3) is 4.13. The fraction of sp³-hybridized carbons (Fsp3) is 0.348. The van der Waals surface area contributed by atoms with E-state index in [9.17, 15) is 0 Å². The molecular formula is C23H26N6. The lowest BCUT2D eigenvalue weighted by Crippen LogP contribution is -2.30. The number of hydrogen-bond acceptors (Lipinski definition) is 6. The van der Waals surface area contributed by atoms with Crippen molar-refractivity contribution in [2.45, 2.75) is 32.0 Å². The minimum Gasteiger partial charge on any atom is -0.366 e. The highest BCUT2D eigenvalue weighted by atomic mass is 15.2. The van der Waals surface area contributed by atoms with Crippen LogP contribution >= 0.6 is 0 Å². The van der Waals surface area contributed by atoms with Gasteiger partial charge in [-0.15, -0.1) is 0 Å². The van der Waals surface area contributed by atoms with Gasteiger partial charge < -0.3 is 10.6 Å². The van der Waals surface area contributed by atoms with Crippen LogP contribution in [0.4, 0.5) is 5.82 Å². The highest BCUT2D eigenvalue weighted by Gasteiger charge is 2.25. The van der Waals surface area contributed by atoms with E-state index < -0.39 is 0 Å². The molecule has 3 aromatic rings. The van der Waals surface area contributed by atoms with Crippen molar-refractivity contribution in [3.8, 4) is 11.4 Å². The third-order valence-electron chi connectivity index (χ3n) is 5.72. The topological polar surface area (TPSA) is 66.0 Å². The van der Waals surface area contributed by atoms with Crippen LogP contribution in [-0.4, -0.2) is 45.5 Å². The maximum absolute atomic E-state index is 4.92. The molecule has 5 rings (SSSR count). The summed E-state index contributed by atoms with van der Waals surface area (Å²) in [5.41, 5.74) is 4.70. The summed E-state index contributed by atoms with van der Waals surface area (Å²) >= 11 is 0. The number of likely N-dealkylation sites (tertiary alicyclic amines) is 1. The van der Waals surface area contributed by atoms with Crippen molar-refractivity contribution in [3.63, 3.8) is 0 Å². The molecule has 0 aliphatic carbocycles. The first-order valence-corrected chi connectivity index (χ1v) is 10.4. The Morgan fingerprint density at radius 3 is 2.90 bits per heavy atom. The molecule has 2 N–H and O–H groups in total. The zero-order valence-electron chi connectivity index (χ0n) is 16.5. The van der Waals surface area contributed by atoms with Crippen molar-refractivity contribution in [3.05, 3.63) is 71.7 Å². The second-order valence-electron chi connectivity index (χ2n) is 7.84. The van der Waals surface area contributed by atoms with Gasteiger partial charge in [0.2, 0.25) is 0 Å². The lowest BCUT2D eigenvalue weighted by molar-refractivity contribution is 0.328. The van der Waals surface area contributed by atoms with Crippen LogP contribution < -0.4 is 10.6 Å². The van der Waals surface area contributed by atoms with Crippen LogP contribution in [0.1, 0.15) is 23.2 Å². The summed E-state index contributed by atoms with van der Waals surface area (Å²) in [5, 5.41) is 7.19. The van der Waals surface area contributed by atoms with Crippen LogP contribution in [0.5, 0.6) is 0 Å². The minimum atomic E-state index is 0.411. The second kappa shape index (κ2) is 8.27. The Morgan fingerprint density at radius 1 is 1.10 bits per heavy atom. The van der Waals surface area contributed by atoms with Crippen LogP contribution in [0.2, 0.25) is 0 Å². The summed E-state index contributed by atoms with van der Waals surface area (Å²) in [7, 11) is 0. The molecule has 4 heterocycles. The molecule has 1 saturated heterocycles. The van der Waals surface area contributed by atoms with Gasteiger partial charge >= 0.3 is 0 Å². The molecule has 6 nitrogen and oxygen atoms in total. The number of fused-ring (bicyclic) bond motifs is 1. The van der Waals surface area contributed by atoms with E-state index in [0.29, 0.717) is 6.04 Å². The zero-order valence-corrected chi connectivity index (χ0v) is 16.5. The van der Waals surface area contributed by atoms with Gasteiger partial charge in [0.1, 0.15) is 5.82 Å². The molecule has 6 heteroatoms. The summed E-state index contributed by atoms with van der Waals surface area (Å²) in [4.78, 5) is 16.5. The molecule has 0 bridgehead atoms. The van der Waals surface area contributed by atoms with Crippen LogP contribution in [-0.2, 0) is 19.5 Å². The van der Waals surface area contributed by atoms with Gasteiger partial charge in [0, 0.05) is 55.7 Å². The van der Waals surface area contributed by atoms with Crippen LogP contribution in [0.15, 0.2) is 54.9 Å². The summed E-state index contributed by atoms with van der Waals surface area (Å²) in [5.74, 6) is 1.75. The minimum absolute atomic E-state index is 0.411. The van der Waals surface area contributed by atoms with E-state index in [0.717, 1.165) is 68.5 Å². The summed E-state index contributed by atoms with van der Waals surface area (Å²) in [6, 6.07) is 15.1. The number of pyridine rings is 1. The number of hydrogen-bond donors (Lipinski definition) is 2. The third-order valence-corrected chi connectivity index (χ3v) is 5.72. The van der Waals surface area contributed by atoms with Gasteiger partial charge in [-0.25, -0.2) is 9.97 Å². The molecule has 2 aliphatic rings. The van der Waals surface area contributed by atoms with Crippen LogP contribution in [0, 0.1) is 0 Å². The van der Waals surface area contributed by atoms with Gasteiger partial charge in [0.05, 0.1) is 5.69 Å². The Kier molecular flexibility index (Phi) is 5.19. The van der Waals surface area contributed by atoms with E-state index in [-0.39, 0.29) is 0 Å². The predicted octanol–water partition coefficient (Wildman–Crippen LogP) is 2.87. The van der Waals surface area contributed by atoms with Gasteiger partial charge in [-0.1, -0.05) is 30.3 Å². The molecular weight excluding hydrogens is 360 g/mol. The second-order valence-corrected chi connectivity index (χ2v) is 7.84. The Labute approximate surface area is 171 Å². The molecule has 148 valence electrons. The molecule has 1 atom stereocenters. The van der Waals surface area contributed by atoms with Gasteiger partial charge in [0.25, 0.3) is 0 Å². The number of nitrogens with one attached hydrogen (secondary N) is 2. The molecule has 29 heavy (non-hydrogen) atoms. The van der Waals surface area contributed by atoms with Gasteiger partial charge in [-0.3, -0.25) is 9.88 Å². The fourth-order valence-electron chi connectivity index (χ4n) is 4.23. The first kappa shape index (κ1) is 18.2. The normalized spacial score (nSPS) is 19.1. The molecule has 0 radical (unpaired) electrons. The SMILES string of the molecule is c1ccc(CN2CCC(Nc3nc(-c4cccnc4)nc4c3CCNC4)C2)cc1. The Morgan fingerprint density at radius 2 is 2.03 bits per heavy atom. The Bertz CT molecular complexity index is 960. The molecule has 1 aromatic carbocycles. The zero-order chi connectivity index (χ0) is 19.5. The number of nitrogens with zero attached hydrogens (tertiary/aromatic N) is 4. The standard InChI is InChI=1S/C23H26N6/c1-2-5-17(6-3-1)15-29-12-9-19(16-29)26-23-20-8-11-25-14-21(20)27-22(28-23)18-7-4-10-24-13-18/h1-7,10,13,19,25H,8-9,11-12,14-16H2,(H,26,27,28). The predicted molar refractivity (Wildman–Crippen MR) is 114 cm³/mol. The number of anilines is 1. The highest BCUT2D eigenvalue weighted by Crippen LogP contribution is 2.26. The first-order valence-electron chi connectivity index (χ1n) is 10.4. The molecule has 0 spiro atoms. The van der Waals surface area contributed by atoms with Crippen LogP contribution in [0.3, 0.4) is 0 Å². The molecule has 0 amide bonds. The lowest BCUT2D eigenvalue weighted by atomic mass is 10.1. The molecule has 1 unspecified atom stereocenters. The van der Waals surface area contributed by atoms with Crippen LogP contribution in [0.25, 0.3) is 11.4 Å². The van der Waals surface area contributed by atoms with Gasteiger partial charge in [0.15, 0.2) is 5.82 Å². The number of rotatable bonds is 5. The molecule has 2 aromatic heterocycles. The maximum atomic E-state index is 4.92. The monoisotopic (exact) mass is 386 g/mol. The highest BCUT2D eigenvalue weighted by molar-refractivity contribution is 5.59. The maximum Gasteiger partial charge on any atom is 0.163 e. The summed E-state index contributed by atoms with van der Waals surface area (Å²) in [6.45, 7) is 4.92. The number of benzene rings is 1. The van der Waals surface area contributed by atoms with E-state index in [4.69, 9.17) is 9.97 Å². The van der Waals surface area contributed by atoms with Crippen molar-refractivity contribution in [1.29, 1.82) is 0 Å². The van der Waals surface area contributed by atoms with E-state index in [1.807, 2.05) is 18.3 Å². The average Bonchev–Trinajstić information content (AvgIpc) is 3.21. The average molecular weight is 387 g/mol. The lowest BCUT2D eigenvalue weighted by Gasteiger charge is -2.23. The largest absolute Gasteiger partial charge is 0.366 e. The van der Waals surface area contributed by atoms with Crippen molar-refractivity contribution < 1.29 is 0 Å². The van der Waals surface area contributed by atoms with Crippen molar-refractivity contribution >= 4 is 5.82 Å².